The van der Waals surface area contributed by atoms with Crippen molar-refractivity contribution in [3.8, 4) is 5.75 Å². The molecule has 15 heavy (non-hydrogen) atoms. The molecular weight excluding hydrogens is 192 g/mol. The lowest BCUT2D eigenvalue weighted by Gasteiger charge is -2.15. The predicted octanol–water partition coefficient (Wildman–Crippen LogP) is 2.13. The number of benzene rings is 1. The summed E-state index contributed by atoms with van der Waals surface area (Å²) in [5.74, 6) is -0.520. The highest BCUT2D eigenvalue weighted by atomic mass is 16.4. The van der Waals surface area contributed by atoms with Crippen LogP contribution in [0.2, 0.25) is 0 Å². The predicted molar refractivity (Wildman–Crippen MR) is 56.1 cm³/mol. The van der Waals surface area contributed by atoms with Crippen LogP contribution in [0.1, 0.15) is 29.5 Å². The summed E-state index contributed by atoms with van der Waals surface area (Å²) < 4.78 is 0. The molecule has 0 aliphatic heterocycles. The van der Waals surface area contributed by atoms with Gasteiger partial charge in [0.05, 0.1) is 5.41 Å². The summed E-state index contributed by atoms with van der Waals surface area (Å²) >= 11 is 0. The molecule has 0 heterocycles. The molecule has 2 N–H and O–H groups in total. The SMILES string of the molecule is Cc1cc(C2(C(=O)O)CC2)c(C)cc1O. The highest BCUT2D eigenvalue weighted by Gasteiger charge is 2.52. The Labute approximate surface area is 88.4 Å². The van der Waals surface area contributed by atoms with Crippen molar-refractivity contribution in [2.45, 2.75) is 32.1 Å². The standard InChI is InChI=1S/C12H14O3/c1-7-6-10(13)8(2)5-9(7)12(3-4-12)11(14)15/h5-6,13H,3-4H2,1-2H3,(H,14,15). The van der Waals surface area contributed by atoms with Crippen molar-refractivity contribution >= 4 is 5.97 Å². The zero-order valence-electron chi connectivity index (χ0n) is 8.87. The topological polar surface area (TPSA) is 57.5 Å². The fourth-order valence-corrected chi connectivity index (χ4v) is 2.04. The molecule has 1 aromatic carbocycles. The smallest absolute Gasteiger partial charge is 0.314 e. The zero-order valence-corrected chi connectivity index (χ0v) is 8.87. The maximum atomic E-state index is 11.2. The number of hydrogen-bond donors (Lipinski definition) is 2. The summed E-state index contributed by atoms with van der Waals surface area (Å²) in [6, 6.07) is 3.44. The van der Waals surface area contributed by atoms with Gasteiger partial charge in [-0.3, -0.25) is 4.79 Å². The molecule has 1 fully saturated rings. The van der Waals surface area contributed by atoms with Gasteiger partial charge in [-0.25, -0.2) is 0 Å². The van der Waals surface area contributed by atoms with Crippen molar-refractivity contribution in [3.05, 3.63) is 28.8 Å². The second-order valence-electron chi connectivity index (χ2n) is 4.34. The molecule has 0 unspecified atom stereocenters. The molecule has 2 rings (SSSR count). The van der Waals surface area contributed by atoms with Crippen molar-refractivity contribution in [1.29, 1.82) is 0 Å². The molecule has 1 saturated carbocycles. The van der Waals surface area contributed by atoms with Gasteiger partial charge < -0.3 is 10.2 Å². The summed E-state index contributed by atoms with van der Waals surface area (Å²) in [7, 11) is 0. The van der Waals surface area contributed by atoms with Gasteiger partial charge in [0.2, 0.25) is 0 Å². The average Bonchev–Trinajstić information content (AvgIpc) is 2.92. The molecule has 3 nitrogen and oxygen atoms in total. The van der Waals surface area contributed by atoms with E-state index >= 15 is 0 Å². The van der Waals surface area contributed by atoms with Gasteiger partial charge in [-0.05, 0) is 49.4 Å². The lowest BCUT2D eigenvalue weighted by atomic mass is 9.90. The number of carboxylic acids is 1. The maximum Gasteiger partial charge on any atom is 0.314 e. The van der Waals surface area contributed by atoms with Crippen LogP contribution in [0.5, 0.6) is 5.75 Å². The van der Waals surface area contributed by atoms with Crippen LogP contribution in [0.3, 0.4) is 0 Å². The van der Waals surface area contributed by atoms with E-state index in [1.165, 1.54) is 0 Å². The zero-order chi connectivity index (χ0) is 11.2. The molecule has 0 amide bonds. The monoisotopic (exact) mass is 206 g/mol. The minimum absolute atomic E-state index is 0.234. The normalized spacial score (nSPS) is 17.5. The number of aliphatic carboxylic acids is 1. The van der Waals surface area contributed by atoms with Gasteiger partial charge in [-0.15, -0.1) is 0 Å². The van der Waals surface area contributed by atoms with Crippen LogP contribution in [0, 0.1) is 13.8 Å². The van der Waals surface area contributed by atoms with Crippen LogP contribution < -0.4 is 0 Å². The molecule has 0 spiro atoms. The minimum Gasteiger partial charge on any atom is -0.508 e. The summed E-state index contributed by atoms with van der Waals surface area (Å²) in [5.41, 5.74) is 1.77. The first kappa shape index (κ1) is 10.0. The summed E-state index contributed by atoms with van der Waals surface area (Å²) in [5, 5.41) is 18.7. The largest absolute Gasteiger partial charge is 0.508 e. The Morgan fingerprint density at radius 2 is 1.87 bits per heavy atom. The van der Waals surface area contributed by atoms with Gasteiger partial charge in [-0.2, -0.15) is 0 Å². The van der Waals surface area contributed by atoms with Crippen molar-refractivity contribution in [3.63, 3.8) is 0 Å². The van der Waals surface area contributed by atoms with E-state index in [9.17, 15) is 15.0 Å². The third-order valence-electron chi connectivity index (χ3n) is 3.22. The molecule has 0 atom stereocenters. The van der Waals surface area contributed by atoms with Crippen molar-refractivity contribution in [1.82, 2.24) is 0 Å². The molecule has 1 aliphatic rings. The fraction of sp³-hybridized carbons (Fsp3) is 0.417. The van der Waals surface area contributed by atoms with E-state index in [0.717, 1.165) is 16.7 Å². The van der Waals surface area contributed by atoms with Crippen LogP contribution in [0.4, 0.5) is 0 Å². The lowest BCUT2D eigenvalue weighted by molar-refractivity contribution is -0.140. The molecule has 0 bridgehead atoms. The van der Waals surface area contributed by atoms with Gasteiger partial charge in [-0.1, -0.05) is 6.07 Å². The van der Waals surface area contributed by atoms with Gasteiger partial charge in [0.25, 0.3) is 0 Å². The lowest BCUT2D eigenvalue weighted by Crippen LogP contribution is -2.20. The first-order valence-corrected chi connectivity index (χ1v) is 5.01. The number of aromatic hydroxyl groups is 1. The Hall–Kier alpha value is -1.51. The van der Waals surface area contributed by atoms with Crippen molar-refractivity contribution < 1.29 is 15.0 Å². The highest BCUT2D eigenvalue weighted by Crippen LogP contribution is 2.50. The first-order chi connectivity index (χ1) is 6.97. The molecule has 0 radical (unpaired) electrons. The summed E-state index contributed by atoms with van der Waals surface area (Å²) in [6.45, 7) is 3.63. The molecule has 1 aliphatic carbocycles. The van der Waals surface area contributed by atoms with Crippen LogP contribution in [0.15, 0.2) is 12.1 Å². The van der Waals surface area contributed by atoms with E-state index < -0.39 is 11.4 Å². The summed E-state index contributed by atoms with van der Waals surface area (Å²) in [4.78, 5) is 11.2. The first-order valence-electron chi connectivity index (χ1n) is 5.01. The molecule has 0 aromatic heterocycles. The van der Waals surface area contributed by atoms with Crippen LogP contribution in [-0.4, -0.2) is 16.2 Å². The quantitative estimate of drug-likeness (QED) is 0.779. The van der Waals surface area contributed by atoms with E-state index in [-0.39, 0.29) is 5.75 Å². The number of phenolic OH excluding ortho intramolecular Hbond substituents is 1. The Morgan fingerprint density at radius 1 is 1.27 bits per heavy atom. The van der Waals surface area contributed by atoms with E-state index in [1.807, 2.05) is 6.92 Å². The van der Waals surface area contributed by atoms with Crippen LogP contribution in [-0.2, 0) is 10.2 Å². The number of carbonyl (C=O) groups is 1. The third-order valence-corrected chi connectivity index (χ3v) is 3.22. The Kier molecular flexibility index (Phi) is 2.00. The number of carboxylic acid groups (broad SMARTS) is 1. The van der Waals surface area contributed by atoms with E-state index in [1.54, 1.807) is 19.1 Å². The van der Waals surface area contributed by atoms with E-state index in [4.69, 9.17) is 0 Å². The number of phenols is 1. The van der Waals surface area contributed by atoms with Crippen molar-refractivity contribution in [2.24, 2.45) is 0 Å². The summed E-state index contributed by atoms with van der Waals surface area (Å²) in [6.07, 6.45) is 1.40. The molecule has 80 valence electrons. The number of rotatable bonds is 2. The second kappa shape index (κ2) is 2.99. The van der Waals surface area contributed by atoms with E-state index in [0.29, 0.717) is 12.8 Å². The van der Waals surface area contributed by atoms with E-state index in [2.05, 4.69) is 0 Å². The van der Waals surface area contributed by atoms with Gasteiger partial charge >= 0.3 is 5.97 Å². The Balaban J connectivity index is 2.54. The van der Waals surface area contributed by atoms with Crippen LogP contribution >= 0.6 is 0 Å². The second-order valence-corrected chi connectivity index (χ2v) is 4.34. The third kappa shape index (κ3) is 1.39. The number of hydrogen-bond acceptors (Lipinski definition) is 2. The number of aryl methyl sites for hydroxylation is 2. The molecule has 1 aromatic rings. The fourth-order valence-electron chi connectivity index (χ4n) is 2.04. The van der Waals surface area contributed by atoms with Crippen molar-refractivity contribution in [2.75, 3.05) is 0 Å². The van der Waals surface area contributed by atoms with Gasteiger partial charge in [0.15, 0.2) is 0 Å². The molecular formula is C12H14O3. The Bertz CT molecular complexity index is 431. The van der Waals surface area contributed by atoms with Gasteiger partial charge in [0.1, 0.15) is 5.75 Å². The highest BCUT2D eigenvalue weighted by molar-refractivity contribution is 5.85. The Morgan fingerprint density at radius 3 is 2.33 bits per heavy atom. The molecule has 0 saturated heterocycles. The average molecular weight is 206 g/mol. The van der Waals surface area contributed by atoms with Crippen LogP contribution in [0.25, 0.3) is 0 Å². The maximum absolute atomic E-state index is 11.2. The molecule has 3 heteroatoms. The van der Waals surface area contributed by atoms with Gasteiger partial charge in [0, 0.05) is 0 Å². The minimum atomic E-state index is -0.754.